The smallest absolute Gasteiger partial charge is 0.0946 e. The Bertz CT molecular complexity index is 557. The maximum absolute atomic E-state index is 5.80. The Hall–Kier alpha value is -1.65. The lowest BCUT2D eigenvalue weighted by Crippen LogP contribution is -2.31. The van der Waals surface area contributed by atoms with Gasteiger partial charge in [0.25, 0.3) is 0 Å². The van der Waals surface area contributed by atoms with Crippen molar-refractivity contribution in [1.82, 2.24) is 15.0 Å². The zero-order chi connectivity index (χ0) is 13.2. The van der Waals surface area contributed by atoms with Gasteiger partial charge < -0.3 is 4.57 Å². The van der Waals surface area contributed by atoms with Crippen LogP contribution in [0.3, 0.4) is 0 Å². The third kappa shape index (κ3) is 2.17. The van der Waals surface area contributed by atoms with Crippen LogP contribution in [-0.2, 0) is 7.05 Å². The lowest BCUT2D eigenvalue weighted by atomic mass is 9.77. The monoisotopic (exact) mass is 256 g/mol. The molecule has 1 fully saturated rings. The number of hydrogen-bond donors (Lipinski definition) is 2. The molecule has 3 N–H and O–H groups in total. The van der Waals surface area contributed by atoms with Crippen molar-refractivity contribution in [2.45, 2.75) is 31.2 Å². The van der Waals surface area contributed by atoms with Gasteiger partial charge in [0.15, 0.2) is 0 Å². The molecule has 1 aliphatic rings. The Morgan fingerprint density at radius 2 is 2.16 bits per heavy atom. The molecule has 100 valence electrons. The predicted molar refractivity (Wildman–Crippen MR) is 75.4 cm³/mol. The number of aromatic nitrogens is 2. The highest BCUT2D eigenvalue weighted by Crippen LogP contribution is 2.40. The first-order valence-electron chi connectivity index (χ1n) is 6.82. The molecule has 19 heavy (non-hydrogen) atoms. The first-order valence-corrected chi connectivity index (χ1v) is 6.82. The van der Waals surface area contributed by atoms with E-state index in [4.69, 9.17) is 5.84 Å². The van der Waals surface area contributed by atoms with Gasteiger partial charge in [-0.3, -0.25) is 5.84 Å². The highest BCUT2D eigenvalue weighted by atomic mass is 15.2. The minimum Gasteiger partial charge on any atom is -0.336 e. The summed E-state index contributed by atoms with van der Waals surface area (Å²) in [5.74, 6) is 6.50. The second kappa shape index (κ2) is 5.15. The molecule has 0 aliphatic heterocycles. The number of nitrogens with two attached hydrogens (primary N) is 1. The Kier molecular flexibility index (Phi) is 3.36. The van der Waals surface area contributed by atoms with E-state index in [2.05, 4.69) is 34.7 Å². The molecule has 1 atom stereocenters. The minimum absolute atomic E-state index is 0.00398. The van der Waals surface area contributed by atoms with Gasteiger partial charge in [-0.1, -0.05) is 30.7 Å². The van der Waals surface area contributed by atoms with Gasteiger partial charge in [0.2, 0.25) is 0 Å². The molecule has 0 bridgehead atoms. The van der Waals surface area contributed by atoms with Crippen LogP contribution in [0.2, 0.25) is 0 Å². The van der Waals surface area contributed by atoms with E-state index < -0.39 is 0 Å². The maximum atomic E-state index is 5.80. The first kappa shape index (κ1) is 12.4. The highest BCUT2D eigenvalue weighted by Gasteiger charge is 2.26. The third-order valence-corrected chi connectivity index (χ3v) is 4.17. The van der Waals surface area contributed by atoms with Crippen molar-refractivity contribution in [3.63, 3.8) is 0 Å². The van der Waals surface area contributed by atoms with Gasteiger partial charge in [-0.15, -0.1) is 0 Å². The van der Waals surface area contributed by atoms with Crippen molar-refractivity contribution in [3.05, 3.63) is 53.6 Å². The van der Waals surface area contributed by atoms with Crippen LogP contribution < -0.4 is 11.3 Å². The molecule has 0 radical (unpaired) electrons. The maximum Gasteiger partial charge on any atom is 0.0946 e. The number of imidazole rings is 1. The van der Waals surface area contributed by atoms with Gasteiger partial charge in [0, 0.05) is 7.05 Å². The van der Waals surface area contributed by atoms with E-state index in [1.165, 1.54) is 30.4 Å². The zero-order valence-corrected chi connectivity index (χ0v) is 11.2. The fourth-order valence-corrected chi connectivity index (χ4v) is 2.84. The van der Waals surface area contributed by atoms with Crippen molar-refractivity contribution in [2.24, 2.45) is 12.9 Å². The molecule has 1 aliphatic carbocycles. The van der Waals surface area contributed by atoms with Gasteiger partial charge >= 0.3 is 0 Å². The van der Waals surface area contributed by atoms with Crippen molar-refractivity contribution >= 4 is 0 Å². The summed E-state index contributed by atoms with van der Waals surface area (Å²) in [6.45, 7) is 0. The van der Waals surface area contributed by atoms with Crippen molar-refractivity contribution in [2.75, 3.05) is 0 Å². The van der Waals surface area contributed by atoms with E-state index in [1.807, 2.05) is 24.1 Å². The van der Waals surface area contributed by atoms with E-state index in [0.29, 0.717) is 5.92 Å². The van der Waals surface area contributed by atoms with Crippen molar-refractivity contribution in [3.8, 4) is 0 Å². The molecule has 4 heteroatoms. The Balaban J connectivity index is 2.02. The summed E-state index contributed by atoms with van der Waals surface area (Å²) in [4.78, 5) is 4.19. The fourth-order valence-electron chi connectivity index (χ4n) is 2.84. The molecule has 0 saturated heterocycles. The third-order valence-electron chi connectivity index (χ3n) is 4.17. The summed E-state index contributed by atoms with van der Waals surface area (Å²) in [6.07, 6.45) is 7.61. The summed E-state index contributed by atoms with van der Waals surface area (Å²) in [7, 11) is 2.00. The Morgan fingerprint density at radius 1 is 1.37 bits per heavy atom. The molecule has 1 heterocycles. The molecule has 1 unspecified atom stereocenters. The molecule has 2 aromatic rings. The van der Waals surface area contributed by atoms with Gasteiger partial charge in [-0.2, -0.15) is 0 Å². The van der Waals surface area contributed by atoms with Crippen LogP contribution >= 0.6 is 0 Å². The van der Waals surface area contributed by atoms with Crippen LogP contribution in [0.25, 0.3) is 0 Å². The number of aryl methyl sites for hydroxylation is 1. The average Bonchev–Trinajstić information content (AvgIpc) is 2.77. The minimum atomic E-state index is 0.00398. The summed E-state index contributed by atoms with van der Waals surface area (Å²) >= 11 is 0. The van der Waals surface area contributed by atoms with E-state index in [1.54, 1.807) is 0 Å². The molecule has 1 aromatic heterocycles. The Morgan fingerprint density at radius 3 is 2.74 bits per heavy atom. The van der Waals surface area contributed by atoms with Crippen LogP contribution in [-0.4, -0.2) is 9.55 Å². The first-order chi connectivity index (χ1) is 9.31. The number of rotatable bonds is 4. The van der Waals surface area contributed by atoms with Crippen LogP contribution in [0.15, 0.2) is 36.8 Å². The van der Waals surface area contributed by atoms with Gasteiger partial charge in [0.05, 0.1) is 24.3 Å². The lowest BCUT2D eigenvalue weighted by Gasteiger charge is -2.30. The second-order valence-electron chi connectivity index (χ2n) is 5.29. The highest BCUT2D eigenvalue weighted by molar-refractivity contribution is 5.38. The number of hydrazine groups is 1. The van der Waals surface area contributed by atoms with Gasteiger partial charge in [-0.25, -0.2) is 10.4 Å². The van der Waals surface area contributed by atoms with Crippen LogP contribution in [0.4, 0.5) is 0 Å². The molecule has 1 aromatic carbocycles. The predicted octanol–water partition coefficient (Wildman–Crippen LogP) is 2.24. The fraction of sp³-hybridized carbons (Fsp3) is 0.400. The number of nitrogens with zero attached hydrogens (tertiary/aromatic N) is 2. The average molecular weight is 256 g/mol. The van der Waals surface area contributed by atoms with Gasteiger partial charge in [0.1, 0.15) is 0 Å². The summed E-state index contributed by atoms with van der Waals surface area (Å²) in [5, 5.41) is 0. The van der Waals surface area contributed by atoms with E-state index in [9.17, 15) is 0 Å². The van der Waals surface area contributed by atoms with Gasteiger partial charge in [-0.05, 0) is 29.9 Å². The van der Waals surface area contributed by atoms with E-state index >= 15 is 0 Å². The second-order valence-corrected chi connectivity index (χ2v) is 5.29. The molecular formula is C15H20N4. The van der Waals surface area contributed by atoms with Crippen LogP contribution in [0.5, 0.6) is 0 Å². The standard InChI is InChI=1S/C15H20N4/c1-19-10-17-9-14(19)15(18-16)13-8-3-2-7-12(13)11-5-4-6-11/h2-3,7-11,15,18H,4-6,16H2,1H3. The SMILES string of the molecule is Cn1cncc1C(NN)c1ccccc1C1CCC1. The largest absolute Gasteiger partial charge is 0.336 e. The normalized spacial score (nSPS) is 17.2. The molecule has 0 spiro atoms. The number of nitrogens with one attached hydrogen (secondary N) is 1. The van der Waals surface area contributed by atoms with E-state index in [0.717, 1.165) is 5.69 Å². The number of hydrogen-bond acceptors (Lipinski definition) is 3. The topological polar surface area (TPSA) is 55.9 Å². The van der Waals surface area contributed by atoms with Crippen LogP contribution in [0.1, 0.15) is 48.0 Å². The van der Waals surface area contributed by atoms with Crippen molar-refractivity contribution < 1.29 is 0 Å². The zero-order valence-electron chi connectivity index (χ0n) is 11.2. The summed E-state index contributed by atoms with van der Waals surface area (Å²) < 4.78 is 2.02. The molecule has 1 saturated carbocycles. The molecular weight excluding hydrogens is 236 g/mol. The van der Waals surface area contributed by atoms with Crippen molar-refractivity contribution in [1.29, 1.82) is 0 Å². The van der Waals surface area contributed by atoms with E-state index in [-0.39, 0.29) is 6.04 Å². The Labute approximate surface area is 113 Å². The molecule has 0 amide bonds. The summed E-state index contributed by atoms with van der Waals surface area (Å²) in [6, 6.07) is 8.61. The lowest BCUT2D eigenvalue weighted by molar-refractivity contribution is 0.413. The number of benzene rings is 1. The quantitative estimate of drug-likeness (QED) is 0.651. The molecule has 3 rings (SSSR count). The molecule has 4 nitrogen and oxygen atoms in total. The summed E-state index contributed by atoms with van der Waals surface area (Å²) in [5.41, 5.74) is 6.74. The van der Waals surface area contributed by atoms with Crippen LogP contribution in [0, 0.1) is 0 Å².